The van der Waals surface area contributed by atoms with E-state index >= 15 is 0 Å². The van der Waals surface area contributed by atoms with E-state index < -0.39 is 0 Å². The van der Waals surface area contributed by atoms with Crippen LogP contribution >= 0.6 is 0 Å². The van der Waals surface area contributed by atoms with Crippen molar-refractivity contribution in [2.75, 3.05) is 7.11 Å². The lowest BCUT2D eigenvalue weighted by molar-refractivity contribution is 0.403. The molecule has 0 heterocycles. The molecule has 100 valence electrons. The first kappa shape index (κ1) is 13.4. The zero-order valence-electron chi connectivity index (χ0n) is 10.9. The van der Waals surface area contributed by atoms with Crippen molar-refractivity contribution in [2.45, 2.75) is 13.5 Å². The summed E-state index contributed by atoms with van der Waals surface area (Å²) in [5.74, 6) is 0.961. The van der Waals surface area contributed by atoms with Gasteiger partial charge in [-0.25, -0.2) is 4.39 Å². The van der Waals surface area contributed by atoms with Gasteiger partial charge in [0.15, 0.2) is 11.6 Å². The van der Waals surface area contributed by atoms with Crippen molar-refractivity contribution in [3.63, 3.8) is 0 Å². The summed E-state index contributed by atoms with van der Waals surface area (Å²) < 4.78 is 24.7. The van der Waals surface area contributed by atoms with Crippen LogP contribution in [-0.2, 0) is 6.54 Å². The molecule has 4 heteroatoms. The number of ether oxygens (including phenoxy) is 2. The minimum Gasteiger partial charge on any atom is -0.497 e. The molecule has 2 rings (SSSR count). The van der Waals surface area contributed by atoms with Crippen molar-refractivity contribution < 1.29 is 13.9 Å². The fourth-order valence-electron chi connectivity index (χ4n) is 1.74. The summed E-state index contributed by atoms with van der Waals surface area (Å²) in [4.78, 5) is 0. The second-order valence-electron chi connectivity index (χ2n) is 4.17. The Hall–Kier alpha value is -2.07. The lowest BCUT2D eigenvalue weighted by Crippen LogP contribution is -2.01. The monoisotopic (exact) mass is 261 g/mol. The predicted molar refractivity (Wildman–Crippen MR) is 72.1 cm³/mol. The molecule has 2 aromatic rings. The van der Waals surface area contributed by atoms with Crippen molar-refractivity contribution in [1.29, 1.82) is 0 Å². The number of nitrogens with two attached hydrogens (primary N) is 1. The second kappa shape index (κ2) is 5.71. The minimum absolute atomic E-state index is 0.183. The molecule has 0 spiro atoms. The number of aryl methyl sites for hydroxylation is 1. The Morgan fingerprint density at radius 2 is 1.95 bits per heavy atom. The molecule has 0 fully saturated rings. The molecule has 0 saturated heterocycles. The van der Waals surface area contributed by atoms with Gasteiger partial charge in [0.1, 0.15) is 11.5 Å². The standard InChI is InChI=1S/C15H16FNO2/c1-10-4-3-5-13(15(10)16)19-14-8-12(18-2)7-6-11(14)9-17/h3-8H,9,17H2,1-2H3. The molecule has 0 saturated carbocycles. The van der Waals surface area contributed by atoms with Crippen LogP contribution in [0.3, 0.4) is 0 Å². The number of hydrogen-bond acceptors (Lipinski definition) is 3. The normalized spacial score (nSPS) is 10.3. The summed E-state index contributed by atoms with van der Waals surface area (Å²) in [5.41, 5.74) is 6.98. The number of hydrogen-bond donors (Lipinski definition) is 1. The van der Waals surface area contributed by atoms with E-state index in [4.69, 9.17) is 15.2 Å². The van der Waals surface area contributed by atoms with Crippen LogP contribution in [0.15, 0.2) is 36.4 Å². The van der Waals surface area contributed by atoms with Crippen molar-refractivity contribution >= 4 is 0 Å². The Balaban J connectivity index is 2.39. The molecule has 0 aliphatic carbocycles. The zero-order chi connectivity index (χ0) is 13.8. The van der Waals surface area contributed by atoms with Crippen LogP contribution in [0, 0.1) is 12.7 Å². The third-order valence-electron chi connectivity index (χ3n) is 2.87. The SMILES string of the molecule is COc1ccc(CN)c(Oc2cccc(C)c2F)c1. The van der Waals surface area contributed by atoms with Crippen molar-refractivity contribution in [3.05, 3.63) is 53.3 Å². The smallest absolute Gasteiger partial charge is 0.168 e. The molecule has 0 radical (unpaired) electrons. The Bertz CT molecular complexity index is 584. The van der Waals surface area contributed by atoms with Crippen LogP contribution in [0.2, 0.25) is 0 Å². The highest BCUT2D eigenvalue weighted by Crippen LogP contribution is 2.31. The molecular formula is C15H16FNO2. The maximum atomic E-state index is 13.9. The molecule has 3 nitrogen and oxygen atoms in total. The van der Waals surface area contributed by atoms with Gasteiger partial charge in [-0.15, -0.1) is 0 Å². The molecule has 0 amide bonds. The molecule has 0 aliphatic rings. The summed E-state index contributed by atoms with van der Waals surface area (Å²) in [7, 11) is 1.56. The highest BCUT2D eigenvalue weighted by molar-refractivity contribution is 5.44. The first-order valence-electron chi connectivity index (χ1n) is 5.95. The quantitative estimate of drug-likeness (QED) is 0.917. The van der Waals surface area contributed by atoms with Crippen LogP contribution in [0.25, 0.3) is 0 Å². The van der Waals surface area contributed by atoms with Crippen LogP contribution in [-0.4, -0.2) is 7.11 Å². The molecule has 0 aliphatic heterocycles. The summed E-state index contributed by atoms with van der Waals surface area (Å²) in [6.07, 6.45) is 0. The predicted octanol–water partition coefficient (Wildman–Crippen LogP) is 3.39. The number of methoxy groups -OCH3 is 1. The third kappa shape index (κ3) is 2.85. The van der Waals surface area contributed by atoms with Crippen molar-refractivity contribution in [2.24, 2.45) is 5.73 Å². The van der Waals surface area contributed by atoms with Crippen LogP contribution in [0.4, 0.5) is 4.39 Å². The zero-order valence-corrected chi connectivity index (χ0v) is 10.9. The van der Waals surface area contributed by atoms with Gasteiger partial charge < -0.3 is 15.2 Å². The molecule has 0 aromatic heterocycles. The molecule has 19 heavy (non-hydrogen) atoms. The van der Waals surface area contributed by atoms with Gasteiger partial charge in [0.2, 0.25) is 0 Å². The van der Waals surface area contributed by atoms with Gasteiger partial charge in [-0.2, -0.15) is 0 Å². The minimum atomic E-state index is -0.367. The first-order chi connectivity index (χ1) is 9.15. The van der Waals surface area contributed by atoms with Crippen LogP contribution in [0.1, 0.15) is 11.1 Å². The summed E-state index contributed by atoms with van der Waals surface area (Å²) in [6.45, 7) is 2.00. The topological polar surface area (TPSA) is 44.5 Å². The number of benzene rings is 2. The lowest BCUT2D eigenvalue weighted by Gasteiger charge is -2.12. The average Bonchev–Trinajstić information content (AvgIpc) is 2.43. The van der Waals surface area contributed by atoms with Gasteiger partial charge in [-0.05, 0) is 24.6 Å². The van der Waals surface area contributed by atoms with E-state index in [9.17, 15) is 4.39 Å². The Kier molecular flexibility index (Phi) is 4.02. The van der Waals surface area contributed by atoms with Gasteiger partial charge in [-0.3, -0.25) is 0 Å². The first-order valence-corrected chi connectivity index (χ1v) is 5.95. The molecule has 2 aromatic carbocycles. The van der Waals surface area contributed by atoms with Crippen molar-refractivity contribution in [1.82, 2.24) is 0 Å². The van der Waals surface area contributed by atoms with Gasteiger partial charge in [-0.1, -0.05) is 18.2 Å². The lowest BCUT2D eigenvalue weighted by atomic mass is 10.2. The van der Waals surface area contributed by atoms with E-state index in [-0.39, 0.29) is 11.6 Å². The van der Waals surface area contributed by atoms with E-state index in [2.05, 4.69) is 0 Å². The van der Waals surface area contributed by atoms with Gasteiger partial charge in [0, 0.05) is 18.2 Å². The fourth-order valence-corrected chi connectivity index (χ4v) is 1.74. The maximum absolute atomic E-state index is 13.9. The van der Waals surface area contributed by atoms with Gasteiger partial charge >= 0.3 is 0 Å². The highest BCUT2D eigenvalue weighted by atomic mass is 19.1. The number of rotatable bonds is 4. The Labute approximate surface area is 111 Å². The Morgan fingerprint density at radius 3 is 2.63 bits per heavy atom. The second-order valence-corrected chi connectivity index (χ2v) is 4.17. The van der Waals surface area contributed by atoms with E-state index in [0.29, 0.717) is 23.6 Å². The molecule has 2 N–H and O–H groups in total. The summed E-state index contributed by atoms with van der Waals surface area (Å²) >= 11 is 0. The van der Waals surface area contributed by atoms with E-state index in [1.165, 1.54) is 0 Å². The molecule has 0 bridgehead atoms. The average molecular weight is 261 g/mol. The van der Waals surface area contributed by atoms with E-state index in [1.54, 1.807) is 44.4 Å². The molecule has 0 atom stereocenters. The number of halogens is 1. The van der Waals surface area contributed by atoms with Crippen molar-refractivity contribution in [3.8, 4) is 17.2 Å². The van der Waals surface area contributed by atoms with E-state index in [1.807, 2.05) is 6.07 Å². The van der Waals surface area contributed by atoms with Gasteiger partial charge in [0.05, 0.1) is 7.11 Å². The summed E-state index contributed by atoms with van der Waals surface area (Å²) in [6, 6.07) is 10.3. The molecule has 0 unspecified atom stereocenters. The molecular weight excluding hydrogens is 245 g/mol. The van der Waals surface area contributed by atoms with Gasteiger partial charge in [0.25, 0.3) is 0 Å². The van der Waals surface area contributed by atoms with Crippen LogP contribution in [0.5, 0.6) is 17.2 Å². The highest BCUT2D eigenvalue weighted by Gasteiger charge is 2.10. The van der Waals surface area contributed by atoms with Crippen LogP contribution < -0.4 is 15.2 Å². The fraction of sp³-hybridized carbons (Fsp3) is 0.200. The third-order valence-corrected chi connectivity index (χ3v) is 2.87. The largest absolute Gasteiger partial charge is 0.497 e. The maximum Gasteiger partial charge on any atom is 0.168 e. The Morgan fingerprint density at radius 1 is 1.16 bits per heavy atom. The summed E-state index contributed by atoms with van der Waals surface area (Å²) in [5, 5.41) is 0. The van der Waals surface area contributed by atoms with E-state index in [0.717, 1.165) is 5.56 Å².